The zero-order valence-electron chi connectivity index (χ0n) is 20.0. The average molecular weight is 489 g/mol. The Bertz CT molecular complexity index is 1410. The molecular formula is C27H28N4O5. The minimum absolute atomic E-state index is 0.0230. The first kappa shape index (κ1) is 22.6. The van der Waals surface area contributed by atoms with E-state index in [2.05, 4.69) is 5.32 Å². The Kier molecular flexibility index (Phi) is 5.83. The monoisotopic (exact) mass is 488 g/mol. The summed E-state index contributed by atoms with van der Waals surface area (Å²) in [5.74, 6) is 1.78. The van der Waals surface area contributed by atoms with E-state index in [1.807, 2.05) is 0 Å². The highest BCUT2D eigenvalue weighted by Crippen LogP contribution is 2.34. The number of likely N-dealkylation sites (tertiary alicyclic amines) is 1. The van der Waals surface area contributed by atoms with Crippen LogP contribution < -0.4 is 20.3 Å². The lowest BCUT2D eigenvalue weighted by molar-refractivity contribution is -0.121. The topological polar surface area (TPSA) is 103 Å². The van der Waals surface area contributed by atoms with Gasteiger partial charge in [0.1, 0.15) is 5.82 Å². The normalized spacial score (nSPS) is 17.5. The summed E-state index contributed by atoms with van der Waals surface area (Å²) in [4.78, 5) is 45.5. The van der Waals surface area contributed by atoms with Crippen LogP contribution in [0.3, 0.4) is 0 Å². The Morgan fingerprint density at radius 1 is 0.944 bits per heavy atom. The van der Waals surface area contributed by atoms with Crippen molar-refractivity contribution in [3.63, 3.8) is 0 Å². The summed E-state index contributed by atoms with van der Waals surface area (Å²) in [5.41, 5.74) is 1.75. The highest BCUT2D eigenvalue weighted by atomic mass is 16.7. The molecule has 6 rings (SSSR count). The van der Waals surface area contributed by atoms with Gasteiger partial charge in [-0.2, -0.15) is 0 Å². The van der Waals surface area contributed by atoms with Gasteiger partial charge in [-0.25, -0.2) is 4.98 Å². The van der Waals surface area contributed by atoms with E-state index in [0.29, 0.717) is 66.1 Å². The lowest BCUT2D eigenvalue weighted by atomic mass is 9.95. The molecule has 0 atom stereocenters. The molecule has 0 bridgehead atoms. The van der Waals surface area contributed by atoms with Crippen LogP contribution in [-0.2, 0) is 17.8 Å². The molecule has 3 aromatic rings. The van der Waals surface area contributed by atoms with Gasteiger partial charge in [0.25, 0.3) is 11.5 Å². The minimum atomic E-state index is -0.173. The van der Waals surface area contributed by atoms with Crippen LogP contribution in [-0.4, -0.2) is 46.1 Å². The van der Waals surface area contributed by atoms with E-state index >= 15 is 0 Å². The molecule has 0 radical (unpaired) electrons. The Balaban J connectivity index is 1.12. The number of hydrogen-bond acceptors (Lipinski definition) is 6. The number of carbonyl (C=O) groups is 2. The molecule has 1 saturated heterocycles. The molecule has 1 fully saturated rings. The molecule has 0 saturated carbocycles. The maximum Gasteiger partial charge on any atom is 0.261 e. The second-order valence-corrected chi connectivity index (χ2v) is 9.65. The van der Waals surface area contributed by atoms with Gasteiger partial charge in [0.05, 0.1) is 10.9 Å². The van der Waals surface area contributed by atoms with Crippen molar-refractivity contribution in [1.82, 2.24) is 14.5 Å². The molecule has 3 aliphatic heterocycles. The fourth-order valence-corrected chi connectivity index (χ4v) is 5.30. The number of rotatable bonds is 3. The van der Waals surface area contributed by atoms with Crippen LogP contribution in [0.1, 0.15) is 48.3 Å². The van der Waals surface area contributed by atoms with E-state index in [1.165, 1.54) is 0 Å². The molecule has 4 heterocycles. The van der Waals surface area contributed by atoms with Crippen LogP contribution in [0.5, 0.6) is 11.5 Å². The smallest absolute Gasteiger partial charge is 0.261 e. The van der Waals surface area contributed by atoms with Gasteiger partial charge in [-0.05, 0) is 56.0 Å². The lowest BCUT2D eigenvalue weighted by Gasteiger charge is -2.31. The van der Waals surface area contributed by atoms with Crippen molar-refractivity contribution < 1.29 is 19.1 Å². The highest BCUT2D eigenvalue weighted by molar-refractivity contribution is 5.98. The summed E-state index contributed by atoms with van der Waals surface area (Å²) in [6.07, 6.45) is 5.06. The molecule has 1 N–H and O–H groups in total. The number of benzene rings is 2. The SMILES string of the molecule is O=C(Nc1ccc2c(c1)OCO2)C1CCN(C(=O)c2ccc3c(=O)n4c(nc3c2)CCCCC4)CC1. The van der Waals surface area contributed by atoms with Gasteiger partial charge in [0.15, 0.2) is 11.5 Å². The van der Waals surface area contributed by atoms with Crippen molar-refractivity contribution in [2.24, 2.45) is 5.92 Å². The standard InChI is InChI=1S/C27H28N4O5/c32-25(28-19-6-8-22-23(15-19)36-16-35-22)17-9-12-30(13-10-17)26(33)18-5-7-20-21(14-18)29-24-4-2-1-3-11-31(24)27(20)34/h5-8,14-15,17H,1-4,9-13,16H2,(H,28,32). The number of carbonyl (C=O) groups excluding carboxylic acids is 2. The van der Waals surface area contributed by atoms with Gasteiger partial charge in [0, 0.05) is 49.3 Å². The Labute approximate surface area is 208 Å². The summed E-state index contributed by atoms with van der Waals surface area (Å²) >= 11 is 0. The molecule has 3 aliphatic rings. The van der Waals surface area contributed by atoms with Crippen LogP contribution >= 0.6 is 0 Å². The highest BCUT2D eigenvalue weighted by Gasteiger charge is 2.28. The van der Waals surface area contributed by atoms with Gasteiger partial charge < -0.3 is 19.7 Å². The van der Waals surface area contributed by atoms with Gasteiger partial charge >= 0.3 is 0 Å². The molecule has 0 spiro atoms. The zero-order chi connectivity index (χ0) is 24.6. The Morgan fingerprint density at radius 3 is 2.64 bits per heavy atom. The molecule has 36 heavy (non-hydrogen) atoms. The van der Waals surface area contributed by atoms with Crippen molar-refractivity contribution in [2.45, 2.75) is 45.1 Å². The third-order valence-corrected chi connectivity index (χ3v) is 7.36. The minimum Gasteiger partial charge on any atom is -0.454 e. The van der Waals surface area contributed by atoms with E-state index in [9.17, 15) is 14.4 Å². The van der Waals surface area contributed by atoms with E-state index in [-0.39, 0.29) is 30.1 Å². The third kappa shape index (κ3) is 4.19. The van der Waals surface area contributed by atoms with Gasteiger partial charge in [-0.1, -0.05) is 6.42 Å². The van der Waals surface area contributed by atoms with E-state index in [4.69, 9.17) is 14.5 Å². The van der Waals surface area contributed by atoms with Crippen molar-refractivity contribution in [1.29, 1.82) is 0 Å². The first-order valence-corrected chi connectivity index (χ1v) is 12.6. The van der Waals surface area contributed by atoms with Gasteiger partial charge in [-0.3, -0.25) is 19.0 Å². The number of hydrogen-bond donors (Lipinski definition) is 1. The number of anilines is 1. The van der Waals surface area contributed by atoms with Gasteiger partial charge in [0.2, 0.25) is 12.7 Å². The van der Waals surface area contributed by atoms with Crippen LogP contribution in [0, 0.1) is 5.92 Å². The molecule has 0 unspecified atom stereocenters. The molecular weight excluding hydrogens is 460 g/mol. The molecule has 2 amide bonds. The van der Waals surface area contributed by atoms with E-state index in [1.54, 1.807) is 45.9 Å². The summed E-state index contributed by atoms with van der Waals surface area (Å²) in [7, 11) is 0. The summed E-state index contributed by atoms with van der Waals surface area (Å²) in [5, 5.41) is 3.51. The van der Waals surface area contributed by atoms with Gasteiger partial charge in [-0.15, -0.1) is 0 Å². The first-order chi connectivity index (χ1) is 17.6. The number of aromatic nitrogens is 2. The number of fused-ring (bicyclic) bond motifs is 3. The number of nitrogens with zero attached hydrogens (tertiary/aromatic N) is 3. The van der Waals surface area contributed by atoms with Crippen LogP contribution in [0.2, 0.25) is 0 Å². The number of piperidine rings is 1. The second-order valence-electron chi connectivity index (χ2n) is 9.65. The summed E-state index contributed by atoms with van der Waals surface area (Å²) < 4.78 is 12.5. The summed E-state index contributed by atoms with van der Waals surface area (Å²) in [6.45, 7) is 1.88. The van der Waals surface area contributed by atoms with Crippen LogP contribution in [0.4, 0.5) is 5.69 Å². The predicted molar refractivity (Wildman–Crippen MR) is 133 cm³/mol. The molecule has 2 aromatic carbocycles. The van der Waals surface area contributed by atoms with E-state index in [0.717, 1.165) is 31.5 Å². The molecule has 9 nitrogen and oxygen atoms in total. The average Bonchev–Trinajstić information content (AvgIpc) is 3.24. The van der Waals surface area contributed by atoms with Crippen molar-refractivity contribution in [3.05, 3.63) is 58.1 Å². The van der Waals surface area contributed by atoms with Crippen molar-refractivity contribution in [2.75, 3.05) is 25.2 Å². The molecule has 186 valence electrons. The van der Waals surface area contributed by atoms with Crippen LogP contribution in [0.25, 0.3) is 10.9 Å². The quantitative estimate of drug-likeness (QED) is 0.607. The van der Waals surface area contributed by atoms with Crippen molar-refractivity contribution in [3.8, 4) is 11.5 Å². The Hall–Kier alpha value is -3.88. The van der Waals surface area contributed by atoms with E-state index < -0.39 is 0 Å². The molecule has 0 aliphatic carbocycles. The number of amides is 2. The largest absolute Gasteiger partial charge is 0.454 e. The van der Waals surface area contributed by atoms with Crippen molar-refractivity contribution >= 4 is 28.4 Å². The fraction of sp³-hybridized carbons (Fsp3) is 0.407. The zero-order valence-corrected chi connectivity index (χ0v) is 20.0. The Morgan fingerprint density at radius 2 is 1.78 bits per heavy atom. The maximum absolute atomic E-state index is 13.2. The number of ether oxygens (including phenoxy) is 2. The molecule has 1 aromatic heterocycles. The third-order valence-electron chi connectivity index (χ3n) is 7.36. The lowest BCUT2D eigenvalue weighted by Crippen LogP contribution is -2.41. The fourth-order valence-electron chi connectivity index (χ4n) is 5.30. The number of nitrogens with one attached hydrogen (secondary N) is 1. The predicted octanol–water partition coefficient (Wildman–Crippen LogP) is 3.34. The summed E-state index contributed by atoms with van der Waals surface area (Å²) in [6, 6.07) is 10.5. The van der Waals surface area contributed by atoms with Crippen LogP contribution in [0.15, 0.2) is 41.2 Å². The number of aryl methyl sites for hydroxylation is 1. The molecule has 9 heteroatoms. The second kappa shape index (κ2) is 9.29. The first-order valence-electron chi connectivity index (χ1n) is 12.6. The maximum atomic E-state index is 13.2.